The predicted octanol–water partition coefficient (Wildman–Crippen LogP) is -1.60. The van der Waals surface area contributed by atoms with Crippen LogP contribution in [0.4, 0.5) is 0 Å². The summed E-state index contributed by atoms with van der Waals surface area (Å²) in [5.41, 5.74) is 0. The van der Waals surface area contributed by atoms with Gasteiger partial charge in [0.05, 0.1) is 0 Å². The average molecular weight is 206 g/mol. The number of hydrogen-bond donors (Lipinski definition) is 0. The molecule has 0 radical (unpaired) electrons. The maximum atomic E-state index is 10.6. The molecule has 0 saturated heterocycles. The Hall–Kier alpha value is 0.676. The molecule has 0 saturated carbocycles. The number of hydrogen-bond acceptors (Lipinski definition) is 3. The van der Waals surface area contributed by atoms with Crippen molar-refractivity contribution in [2.24, 2.45) is 0 Å². The van der Waals surface area contributed by atoms with Crippen LogP contribution in [0.2, 0.25) is 0 Å². The van der Waals surface area contributed by atoms with Crippen LogP contribution in [0.3, 0.4) is 0 Å². The van der Waals surface area contributed by atoms with Gasteiger partial charge in [0.2, 0.25) is 0 Å². The molecular formula is C8H7KO2S. The zero-order valence-corrected chi connectivity index (χ0v) is 11.0. The van der Waals surface area contributed by atoms with Crippen LogP contribution in [0.1, 0.15) is 6.92 Å². The van der Waals surface area contributed by atoms with Crippen molar-refractivity contribution in [1.29, 1.82) is 0 Å². The van der Waals surface area contributed by atoms with E-state index in [1.807, 2.05) is 0 Å². The monoisotopic (exact) mass is 206 g/mol. The molecule has 0 spiro atoms. The van der Waals surface area contributed by atoms with Crippen molar-refractivity contribution in [2.45, 2.75) is 11.8 Å². The molecule has 1 aromatic carbocycles. The molecule has 0 bridgehead atoms. The van der Waals surface area contributed by atoms with Gasteiger partial charge in [0.25, 0.3) is 0 Å². The quantitative estimate of drug-likeness (QED) is 0.410. The third-order valence-electron chi connectivity index (χ3n) is 1.09. The van der Waals surface area contributed by atoms with E-state index < -0.39 is 0 Å². The summed E-state index contributed by atoms with van der Waals surface area (Å²) in [5, 5.41) is 10.6. The number of carbonyl (C=O) groups is 1. The van der Waals surface area contributed by atoms with Crippen molar-refractivity contribution in [2.75, 3.05) is 0 Å². The summed E-state index contributed by atoms with van der Waals surface area (Å²) < 4.78 is 0. The first kappa shape index (κ1) is 12.7. The van der Waals surface area contributed by atoms with Gasteiger partial charge in [-0.3, -0.25) is 4.79 Å². The van der Waals surface area contributed by atoms with E-state index in [2.05, 4.69) is 0 Å². The predicted molar refractivity (Wildman–Crippen MR) is 42.4 cm³/mol. The normalized spacial score (nSPS) is 8.75. The standard InChI is InChI=1S/C8H8O2S.K/c1-6(9)11-8-4-2-7(10)3-5-8;/h2-5,10H,1H3;/q;+1/p-1. The van der Waals surface area contributed by atoms with E-state index in [1.165, 1.54) is 19.1 Å². The van der Waals surface area contributed by atoms with E-state index in [0.717, 1.165) is 16.7 Å². The minimum Gasteiger partial charge on any atom is -0.872 e. The molecule has 0 heterocycles. The van der Waals surface area contributed by atoms with Crippen molar-refractivity contribution in [3.63, 3.8) is 0 Å². The van der Waals surface area contributed by atoms with Gasteiger partial charge in [-0.2, -0.15) is 0 Å². The smallest absolute Gasteiger partial charge is 0.872 e. The first-order valence-corrected chi connectivity index (χ1v) is 3.95. The molecule has 0 atom stereocenters. The Bertz CT molecular complexity index is 258. The number of benzene rings is 1. The largest absolute Gasteiger partial charge is 1.00 e. The Kier molecular flexibility index (Phi) is 6.53. The molecule has 0 N–H and O–H groups in total. The Morgan fingerprint density at radius 1 is 1.33 bits per heavy atom. The second-order valence-corrected chi connectivity index (χ2v) is 3.32. The van der Waals surface area contributed by atoms with E-state index in [0.29, 0.717) is 0 Å². The van der Waals surface area contributed by atoms with Crippen molar-refractivity contribution >= 4 is 16.9 Å². The average Bonchev–Trinajstić information content (AvgIpc) is 1.93. The minimum atomic E-state index is -0.0297. The summed E-state index contributed by atoms with van der Waals surface area (Å²) in [5.74, 6) is -0.0297. The number of rotatable bonds is 1. The summed E-state index contributed by atoms with van der Waals surface area (Å²) in [4.78, 5) is 11.4. The van der Waals surface area contributed by atoms with Crippen LogP contribution in [0.15, 0.2) is 29.2 Å². The Morgan fingerprint density at radius 3 is 2.25 bits per heavy atom. The van der Waals surface area contributed by atoms with Gasteiger partial charge in [0.1, 0.15) is 0 Å². The second-order valence-electron chi connectivity index (χ2n) is 2.07. The molecule has 12 heavy (non-hydrogen) atoms. The van der Waals surface area contributed by atoms with Crippen LogP contribution < -0.4 is 56.5 Å². The van der Waals surface area contributed by atoms with Gasteiger partial charge in [-0.15, -0.1) is 5.75 Å². The van der Waals surface area contributed by atoms with E-state index in [-0.39, 0.29) is 62.2 Å². The van der Waals surface area contributed by atoms with Crippen molar-refractivity contribution in [3.8, 4) is 5.75 Å². The summed E-state index contributed by atoms with van der Waals surface area (Å²) >= 11 is 1.13. The van der Waals surface area contributed by atoms with Crippen LogP contribution in [-0.4, -0.2) is 5.12 Å². The first-order chi connectivity index (χ1) is 5.18. The zero-order chi connectivity index (χ0) is 8.27. The fraction of sp³-hybridized carbons (Fsp3) is 0.125. The fourth-order valence-electron chi connectivity index (χ4n) is 0.674. The topological polar surface area (TPSA) is 40.1 Å². The van der Waals surface area contributed by atoms with E-state index in [1.54, 1.807) is 12.1 Å². The summed E-state index contributed by atoms with van der Waals surface area (Å²) in [7, 11) is 0. The Balaban J connectivity index is 0.00000121. The molecule has 0 aliphatic rings. The third-order valence-corrected chi connectivity index (χ3v) is 1.88. The number of thioether (sulfide) groups is 1. The number of carbonyl (C=O) groups excluding carboxylic acids is 1. The molecule has 0 aromatic heterocycles. The third kappa shape index (κ3) is 4.64. The molecule has 1 aromatic rings. The maximum Gasteiger partial charge on any atom is 1.00 e. The zero-order valence-electron chi connectivity index (χ0n) is 7.03. The molecule has 0 amide bonds. The van der Waals surface area contributed by atoms with Gasteiger partial charge in [-0.25, -0.2) is 0 Å². The van der Waals surface area contributed by atoms with E-state index >= 15 is 0 Å². The molecule has 4 heteroatoms. The molecule has 0 aliphatic heterocycles. The van der Waals surface area contributed by atoms with Crippen molar-refractivity contribution < 1.29 is 61.3 Å². The SMILES string of the molecule is CC(=O)Sc1ccc([O-])cc1.[K+]. The van der Waals surface area contributed by atoms with Gasteiger partial charge < -0.3 is 5.11 Å². The fourth-order valence-corrected chi connectivity index (χ4v) is 1.28. The molecule has 0 fully saturated rings. The van der Waals surface area contributed by atoms with Gasteiger partial charge in [-0.05, 0) is 12.1 Å². The molecule has 1 rings (SSSR count). The second kappa shape index (κ2) is 6.18. The van der Waals surface area contributed by atoms with Crippen LogP contribution in [0, 0.1) is 0 Å². The molecule has 0 aliphatic carbocycles. The van der Waals surface area contributed by atoms with Gasteiger partial charge in [0.15, 0.2) is 5.12 Å². The van der Waals surface area contributed by atoms with Crippen molar-refractivity contribution in [1.82, 2.24) is 0 Å². The van der Waals surface area contributed by atoms with Crippen LogP contribution in [0.25, 0.3) is 0 Å². The van der Waals surface area contributed by atoms with E-state index in [4.69, 9.17) is 0 Å². The maximum absolute atomic E-state index is 10.6. The summed E-state index contributed by atoms with van der Waals surface area (Å²) in [6, 6.07) is 6.19. The Labute approximate surface area is 118 Å². The summed E-state index contributed by atoms with van der Waals surface area (Å²) in [6.45, 7) is 1.50. The van der Waals surface area contributed by atoms with E-state index in [9.17, 15) is 9.90 Å². The molecule has 0 unspecified atom stereocenters. The van der Waals surface area contributed by atoms with Crippen LogP contribution in [0.5, 0.6) is 5.75 Å². The molecule has 2 nitrogen and oxygen atoms in total. The van der Waals surface area contributed by atoms with Gasteiger partial charge in [-0.1, -0.05) is 23.9 Å². The van der Waals surface area contributed by atoms with Gasteiger partial charge >= 0.3 is 51.4 Å². The van der Waals surface area contributed by atoms with Crippen LogP contribution in [-0.2, 0) is 4.79 Å². The Morgan fingerprint density at radius 2 is 1.83 bits per heavy atom. The summed E-state index contributed by atoms with van der Waals surface area (Å²) in [6.07, 6.45) is 0. The molecule has 58 valence electrons. The van der Waals surface area contributed by atoms with Crippen LogP contribution >= 0.6 is 11.8 Å². The molecular weight excluding hydrogens is 199 g/mol. The van der Waals surface area contributed by atoms with Gasteiger partial charge in [0, 0.05) is 11.8 Å². The first-order valence-electron chi connectivity index (χ1n) is 3.14. The van der Waals surface area contributed by atoms with Crippen molar-refractivity contribution in [3.05, 3.63) is 24.3 Å². The minimum absolute atomic E-state index is 0.